The molecule has 2 aromatic carbocycles. The van der Waals surface area contributed by atoms with Gasteiger partial charge >= 0.3 is 11.9 Å². The third-order valence-electron chi connectivity index (χ3n) is 3.50. The minimum Gasteiger partial charge on any atom is -0.468 e. The van der Waals surface area contributed by atoms with Crippen molar-refractivity contribution in [3.63, 3.8) is 0 Å². The monoisotopic (exact) mass is 377 g/mol. The third-order valence-corrected chi connectivity index (χ3v) is 5.27. The number of benzene rings is 2. The van der Waals surface area contributed by atoms with Crippen molar-refractivity contribution in [3.05, 3.63) is 60.2 Å². The molecule has 0 heterocycles. The Bertz CT molecular complexity index is 880. The van der Waals surface area contributed by atoms with Gasteiger partial charge in [-0.25, -0.2) is 13.2 Å². The first kappa shape index (κ1) is 19.5. The summed E-state index contributed by atoms with van der Waals surface area (Å²) in [7, 11) is -2.95. The molecule has 138 valence electrons. The van der Waals surface area contributed by atoms with Crippen molar-refractivity contribution >= 4 is 27.6 Å². The van der Waals surface area contributed by atoms with Gasteiger partial charge in [0.25, 0.3) is 10.0 Å². The fourth-order valence-electron chi connectivity index (χ4n) is 2.27. The molecule has 2 aromatic rings. The molecule has 0 aliphatic heterocycles. The summed E-state index contributed by atoms with van der Waals surface area (Å²) in [5.41, 5.74) is 0.0814. The molecule has 0 bridgehead atoms. The van der Waals surface area contributed by atoms with E-state index in [4.69, 9.17) is 4.74 Å². The summed E-state index contributed by atoms with van der Waals surface area (Å²) in [5, 5.41) is 0. The number of hydrogen-bond acceptors (Lipinski definition) is 6. The molecular formula is C18H19NO6S. The highest BCUT2D eigenvalue weighted by molar-refractivity contribution is 7.92. The molecule has 7 nitrogen and oxygen atoms in total. The molecule has 8 heteroatoms. The van der Waals surface area contributed by atoms with Gasteiger partial charge in [0.15, 0.2) is 0 Å². The molecule has 0 radical (unpaired) electrons. The Morgan fingerprint density at radius 1 is 1.00 bits per heavy atom. The Balaban J connectivity index is 2.60. The van der Waals surface area contributed by atoms with Crippen molar-refractivity contribution in [1.29, 1.82) is 0 Å². The van der Waals surface area contributed by atoms with E-state index in [-0.39, 0.29) is 22.8 Å². The lowest BCUT2D eigenvalue weighted by Crippen LogP contribution is -2.37. The normalized spacial score (nSPS) is 10.8. The summed E-state index contributed by atoms with van der Waals surface area (Å²) in [4.78, 5) is 24.1. The van der Waals surface area contributed by atoms with Gasteiger partial charge in [0.05, 0.1) is 29.9 Å². The number of anilines is 1. The average molecular weight is 377 g/mol. The maximum absolute atomic E-state index is 13.1. The van der Waals surface area contributed by atoms with Gasteiger partial charge in [0.2, 0.25) is 0 Å². The summed E-state index contributed by atoms with van der Waals surface area (Å²) in [5.74, 6) is -1.44. The van der Waals surface area contributed by atoms with E-state index >= 15 is 0 Å². The van der Waals surface area contributed by atoms with Crippen LogP contribution in [0.1, 0.15) is 17.3 Å². The summed E-state index contributed by atoms with van der Waals surface area (Å²) in [6, 6.07) is 13.7. The second-order valence-corrected chi connectivity index (χ2v) is 7.00. The topological polar surface area (TPSA) is 90.0 Å². The maximum atomic E-state index is 13.1. The highest BCUT2D eigenvalue weighted by Crippen LogP contribution is 2.27. The number of rotatable bonds is 7. The van der Waals surface area contributed by atoms with Crippen molar-refractivity contribution in [2.45, 2.75) is 11.8 Å². The Hall–Kier alpha value is -2.87. The van der Waals surface area contributed by atoms with Crippen LogP contribution in [-0.2, 0) is 24.3 Å². The fourth-order valence-corrected chi connectivity index (χ4v) is 3.72. The zero-order valence-corrected chi connectivity index (χ0v) is 15.2. The number of esters is 2. The minimum absolute atomic E-state index is 0.0115. The number of carbonyl (C=O) groups is 2. The lowest BCUT2D eigenvalue weighted by Gasteiger charge is -2.25. The van der Waals surface area contributed by atoms with E-state index in [9.17, 15) is 18.0 Å². The zero-order chi connectivity index (χ0) is 19.2. The number of carbonyl (C=O) groups excluding carboxylic acids is 2. The maximum Gasteiger partial charge on any atom is 0.340 e. The predicted molar refractivity (Wildman–Crippen MR) is 95.4 cm³/mol. The van der Waals surface area contributed by atoms with Crippen LogP contribution >= 0.6 is 0 Å². The second-order valence-electron chi connectivity index (χ2n) is 5.14. The second kappa shape index (κ2) is 8.48. The molecule has 0 saturated carbocycles. The van der Waals surface area contributed by atoms with Gasteiger partial charge in [-0.2, -0.15) is 0 Å². The molecule has 0 saturated heterocycles. The van der Waals surface area contributed by atoms with E-state index in [0.29, 0.717) is 0 Å². The van der Waals surface area contributed by atoms with Crippen LogP contribution in [0.4, 0.5) is 5.69 Å². The van der Waals surface area contributed by atoms with Crippen LogP contribution in [0.25, 0.3) is 0 Å². The molecule has 0 aliphatic carbocycles. The van der Waals surface area contributed by atoms with Gasteiger partial charge in [-0.05, 0) is 31.2 Å². The summed E-state index contributed by atoms with van der Waals surface area (Å²) >= 11 is 0. The summed E-state index contributed by atoms with van der Waals surface area (Å²) < 4.78 is 36.6. The van der Waals surface area contributed by atoms with Crippen LogP contribution in [-0.4, -0.2) is 40.6 Å². The smallest absolute Gasteiger partial charge is 0.340 e. The van der Waals surface area contributed by atoms with Crippen LogP contribution in [0.15, 0.2) is 59.5 Å². The third kappa shape index (κ3) is 4.20. The van der Waals surface area contributed by atoms with Crippen LogP contribution < -0.4 is 4.31 Å². The van der Waals surface area contributed by atoms with Crippen molar-refractivity contribution in [2.24, 2.45) is 0 Å². The summed E-state index contributed by atoms with van der Waals surface area (Å²) in [6.45, 7) is 1.20. The van der Waals surface area contributed by atoms with E-state index in [1.165, 1.54) is 24.3 Å². The molecule has 0 unspecified atom stereocenters. The van der Waals surface area contributed by atoms with Crippen LogP contribution in [0.2, 0.25) is 0 Å². The van der Waals surface area contributed by atoms with Crippen LogP contribution in [0, 0.1) is 0 Å². The first-order valence-electron chi connectivity index (χ1n) is 7.82. The van der Waals surface area contributed by atoms with Gasteiger partial charge in [0, 0.05) is 0 Å². The van der Waals surface area contributed by atoms with E-state index in [1.807, 2.05) is 0 Å². The molecule has 0 aliphatic rings. The van der Waals surface area contributed by atoms with E-state index in [0.717, 1.165) is 11.4 Å². The molecule has 0 aromatic heterocycles. The van der Waals surface area contributed by atoms with E-state index < -0.39 is 28.5 Å². The molecule has 0 atom stereocenters. The van der Waals surface area contributed by atoms with Gasteiger partial charge in [-0.1, -0.05) is 30.3 Å². The van der Waals surface area contributed by atoms with Crippen molar-refractivity contribution in [3.8, 4) is 0 Å². The number of methoxy groups -OCH3 is 1. The Kier molecular flexibility index (Phi) is 6.35. The first-order valence-corrected chi connectivity index (χ1v) is 9.26. The van der Waals surface area contributed by atoms with E-state index in [1.54, 1.807) is 37.3 Å². The molecule has 0 fully saturated rings. The Labute approximate surface area is 152 Å². The van der Waals surface area contributed by atoms with E-state index in [2.05, 4.69) is 4.74 Å². The first-order chi connectivity index (χ1) is 12.4. The standard InChI is InChI=1S/C18H19NO6S/c1-3-25-18(21)15-11-7-8-12-16(15)19(13-17(20)24-2)26(22,23)14-9-5-4-6-10-14/h4-12H,3,13H2,1-2H3. The molecule has 2 rings (SSSR count). The largest absolute Gasteiger partial charge is 0.468 e. The quantitative estimate of drug-likeness (QED) is 0.688. The lowest BCUT2D eigenvalue weighted by molar-refractivity contribution is -0.138. The molecule has 26 heavy (non-hydrogen) atoms. The van der Waals surface area contributed by atoms with Crippen molar-refractivity contribution in [2.75, 3.05) is 24.6 Å². The molecule has 0 amide bonds. The Morgan fingerprint density at radius 3 is 2.23 bits per heavy atom. The number of sulfonamides is 1. The number of hydrogen-bond donors (Lipinski definition) is 0. The van der Waals surface area contributed by atoms with Crippen LogP contribution in [0.5, 0.6) is 0 Å². The Morgan fingerprint density at radius 2 is 1.62 bits per heavy atom. The van der Waals surface area contributed by atoms with Gasteiger partial charge in [-0.15, -0.1) is 0 Å². The van der Waals surface area contributed by atoms with Gasteiger partial charge < -0.3 is 9.47 Å². The summed E-state index contributed by atoms with van der Waals surface area (Å²) in [6.07, 6.45) is 0. The highest BCUT2D eigenvalue weighted by Gasteiger charge is 2.30. The van der Waals surface area contributed by atoms with Gasteiger partial charge in [0.1, 0.15) is 6.54 Å². The fraction of sp³-hybridized carbons (Fsp3) is 0.222. The molecule has 0 spiro atoms. The number of para-hydroxylation sites is 1. The molecular weight excluding hydrogens is 358 g/mol. The lowest BCUT2D eigenvalue weighted by atomic mass is 10.2. The predicted octanol–water partition coefficient (Wildman–Crippen LogP) is 2.23. The number of nitrogens with zero attached hydrogens (tertiary/aromatic N) is 1. The van der Waals surface area contributed by atoms with Crippen molar-refractivity contribution in [1.82, 2.24) is 0 Å². The van der Waals surface area contributed by atoms with Crippen molar-refractivity contribution < 1.29 is 27.5 Å². The average Bonchev–Trinajstić information content (AvgIpc) is 2.66. The van der Waals surface area contributed by atoms with Gasteiger partial charge in [-0.3, -0.25) is 9.10 Å². The minimum atomic E-state index is -4.11. The highest BCUT2D eigenvalue weighted by atomic mass is 32.2. The SMILES string of the molecule is CCOC(=O)c1ccccc1N(CC(=O)OC)S(=O)(=O)c1ccccc1. The number of ether oxygens (including phenoxy) is 2. The van der Waals surface area contributed by atoms with Crippen LogP contribution in [0.3, 0.4) is 0 Å². The molecule has 0 N–H and O–H groups in total. The zero-order valence-electron chi connectivity index (χ0n) is 14.4.